The van der Waals surface area contributed by atoms with E-state index in [1.165, 1.54) is 0 Å². The number of nitrogens with zero attached hydrogens (tertiary/aromatic N) is 2. The second kappa shape index (κ2) is 60.1. The van der Waals surface area contributed by atoms with E-state index < -0.39 is 10.2 Å². The summed E-state index contributed by atoms with van der Waals surface area (Å²) in [6.07, 6.45) is 0. The van der Waals surface area contributed by atoms with Crippen molar-refractivity contribution in [2.24, 2.45) is 0 Å². The van der Waals surface area contributed by atoms with E-state index in [0.717, 1.165) is 7.11 Å². The van der Waals surface area contributed by atoms with Gasteiger partial charge in [-0.2, -0.15) is 0 Å². The van der Waals surface area contributed by atoms with Crippen molar-refractivity contribution in [1.82, 2.24) is 0 Å². The topological polar surface area (TPSA) is 247 Å². The first-order valence-electron chi connectivity index (χ1n) is 1.54. The smallest absolute Gasteiger partial charge is 0.412 e. The molecule has 0 aliphatic rings. The average Bonchev–Trinajstić information content (AvgIpc) is 1.66. The summed E-state index contributed by atoms with van der Waals surface area (Å²) in [5.41, 5.74) is 0. The van der Waals surface area contributed by atoms with E-state index in [-0.39, 0.29) is 33.5 Å². The van der Waals surface area contributed by atoms with Gasteiger partial charge in [0.1, 0.15) is 0 Å². The van der Waals surface area contributed by atoms with Crippen LogP contribution >= 0.6 is 0 Å². The van der Waals surface area contributed by atoms with E-state index in [1.807, 2.05) is 0 Å². The number of hydrogen-bond acceptors (Lipinski definition) is 7. The molecule has 0 aliphatic carbocycles. The molecule has 0 amide bonds. The normalized spacial score (nSPS) is 3.86. The number of aliphatic hydroxyl groups is 1. The quantitative estimate of drug-likeness (QED) is 0.266. The van der Waals surface area contributed by atoms with Crippen molar-refractivity contribution in [1.29, 1.82) is 0 Å². The Morgan fingerprint density at radius 1 is 0.786 bits per heavy atom. The number of rotatable bonds is 0. The Labute approximate surface area is 87.4 Å². The number of aliphatic hydroxyl groups excluding tert-OH is 1. The predicted molar refractivity (Wildman–Crippen MR) is 39.7 cm³/mol. The van der Waals surface area contributed by atoms with Gasteiger partial charge in [0.2, 0.25) is 0 Å². The van der Waals surface area contributed by atoms with Crippen LogP contribution in [-0.2, 0) is 17.1 Å². The molecule has 0 aromatic heterocycles. The molecule has 0 heterocycles. The van der Waals surface area contributed by atoms with Crippen LogP contribution in [0.25, 0.3) is 0 Å². The number of hydrogen-bond donors (Lipinski definition) is 1. The Kier molecular flexibility index (Phi) is 228. The van der Waals surface area contributed by atoms with Crippen molar-refractivity contribution in [3.05, 3.63) is 30.6 Å². The molecular formula is CH10CuN2O10. The van der Waals surface area contributed by atoms with E-state index in [9.17, 15) is 0 Å². The molecule has 0 rings (SSSR count). The second-order valence-electron chi connectivity index (χ2n) is 0.447. The van der Waals surface area contributed by atoms with Crippen molar-refractivity contribution in [2.45, 2.75) is 0 Å². The Balaban J connectivity index is -0.00000000957. The Morgan fingerprint density at radius 2 is 0.786 bits per heavy atom. The molecule has 0 saturated heterocycles. The fraction of sp³-hybridized carbons (Fsp3) is 1.00. The SMILES string of the molecule is CO.O.O.O.O=[N+]([O-])[O-].O=[N+]([O-])[O-].[Cu+2]. The third-order valence-electron chi connectivity index (χ3n) is 0. The second-order valence-corrected chi connectivity index (χ2v) is 0.447. The summed E-state index contributed by atoms with van der Waals surface area (Å²) in [6, 6.07) is 0. The summed E-state index contributed by atoms with van der Waals surface area (Å²) in [7, 11) is 1.00. The summed E-state index contributed by atoms with van der Waals surface area (Å²) in [4.78, 5) is 16.5. The molecular weight excluding hydrogens is 264 g/mol. The zero-order valence-corrected chi connectivity index (χ0v) is 7.53. The van der Waals surface area contributed by atoms with Gasteiger partial charge in [0, 0.05) is 7.11 Å². The predicted octanol–water partition coefficient (Wildman–Crippen LogP) is -3.35. The summed E-state index contributed by atoms with van der Waals surface area (Å²) in [5.74, 6) is 0. The summed E-state index contributed by atoms with van der Waals surface area (Å²) in [6.45, 7) is 0. The van der Waals surface area contributed by atoms with Crippen LogP contribution in [0.2, 0.25) is 0 Å². The van der Waals surface area contributed by atoms with E-state index in [1.54, 1.807) is 0 Å². The van der Waals surface area contributed by atoms with Gasteiger partial charge < -0.3 is 52.2 Å². The Morgan fingerprint density at radius 3 is 0.786 bits per heavy atom. The third kappa shape index (κ3) is 666. The molecule has 0 saturated carbocycles. The maximum atomic E-state index is 8.25. The maximum absolute atomic E-state index is 8.25. The summed E-state index contributed by atoms with van der Waals surface area (Å²) < 4.78 is 0. The molecule has 1 radical (unpaired) electrons. The summed E-state index contributed by atoms with van der Waals surface area (Å²) in [5, 5.41) is 36.5. The van der Waals surface area contributed by atoms with E-state index in [2.05, 4.69) is 0 Å². The zero-order valence-electron chi connectivity index (χ0n) is 6.59. The first-order valence-corrected chi connectivity index (χ1v) is 1.54. The van der Waals surface area contributed by atoms with Crippen LogP contribution in [0.1, 0.15) is 0 Å². The molecule has 0 bridgehead atoms. The van der Waals surface area contributed by atoms with Gasteiger partial charge in [-0.3, -0.25) is 0 Å². The maximum Gasteiger partial charge on any atom is 2.00 e. The van der Waals surface area contributed by atoms with Crippen molar-refractivity contribution in [2.75, 3.05) is 7.11 Å². The largest absolute Gasteiger partial charge is 2.00 e. The minimum Gasteiger partial charge on any atom is -0.412 e. The molecule has 0 aliphatic heterocycles. The minimum atomic E-state index is -1.75. The van der Waals surface area contributed by atoms with E-state index in [0.29, 0.717) is 0 Å². The van der Waals surface area contributed by atoms with E-state index >= 15 is 0 Å². The first-order chi connectivity index (χ1) is 4.46. The zero-order chi connectivity index (χ0) is 9.15. The molecule has 95 valence electrons. The first kappa shape index (κ1) is 53.2. The van der Waals surface area contributed by atoms with Crippen LogP contribution in [0.5, 0.6) is 0 Å². The van der Waals surface area contributed by atoms with Crippen LogP contribution in [0.4, 0.5) is 0 Å². The molecule has 0 aromatic carbocycles. The van der Waals surface area contributed by atoms with Crippen LogP contribution in [-0.4, -0.2) is 38.8 Å². The Bertz CT molecular complexity index is 76.1. The van der Waals surface area contributed by atoms with Gasteiger partial charge in [0.15, 0.2) is 0 Å². The molecule has 0 unspecified atom stereocenters. The van der Waals surface area contributed by atoms with Crippen molar-refractivity contribution in [3.63, 3.8) is 0 Å². The van der Waals surface area contributed by atoms with Crippen LogP contribution < -0.4 is 0 Å². The van der Waals surface area contributed by atoms with Gasteiger partial charge in [0.25, 0.3) is 0 Å². The van der Waals surface area contributed by atoms with Crippen LogP contribution in [0.3, 0.4) is 0 Å². The van der Waals surface area contributed by atoms with E-state index in [4.69, 9.17) is 35.7 Å². The average molecular weight is 274 g/mol. The van der Waals surface area contributed by atoms with Gasteiger partial charge >= 0.3 is 17.1 Å². The van der Waals surface area contributed by atoms with Gasteiger partial charge in [-0.25, -0.2) is 0 Å². The van der Waals surface area contributed by atoms with Gasteiger partial charge in [-0.1, -0.05) is 0 Å². The molecule has 13 heteroatoms. The molecule has 0 spiro atoms. The molecule has 0 fully saturated rings. The molecule has 14 heavy (non-hydrogen) atoms. The molecule has 12 nitrogen and oxygen atoms in total. The fourth-order valence-corrected chi connectivity index (χ4v) is 0. The minimum absolute atomic E-state index is 0. The van der Waals surface area contributed by atoms with Gasteiger partial charge in [0.05, 0.1) is 10.2 Å². The molecule has 7 N–H and O–H groups in total. The third-order valence-corrected chi connectivity index (χ3v) is 0. The monoisotopic (exact) mass is 273 g/mol. The van der Waals surface area contributed by atoms with Gasteiger partial charge in [-0.15, -0.1) is 0 Å². The van der Waals surface area contributed by atoms with Crippen molar-refractivity contribution >= 4 is 0 Å². The standard InChI is InChI=1S/CH4O.Cu.2NO3.3H2O/c1-2;;2*2-1(3)4;;;/h2H,1H3;;;;3*1H2/q;+2;2*-1;;;. The van der Waals surface area contributed by atoms with Crippen LogP contribution in [0.15, 0.2) is 0 Å². The molecule has 0 aromatic rings. The summed E-state index contributed by atoms with van der Waals surface area (Å²) >= 11 is 0. The van der Waals surface area contributed by atoms with Crippen molar-refractivity contribution < 1.29 is 48.8 Å². The van der Waals surface area contributed by atoms with Gasteiger partial charge in [-0.05, 0) is 0 Å². The Hall–Kier alpha value is -1.24. The van der Waals surface area contributed by atoms with Crippen molar-refractivity contribution in [3.8, 4) is 0 Å². The van der Waals surface area contributed by atoms with Crippen LogP contribution in [0, 0.1) is 30.6 Å². The molecule has 0 atom stereocenters. The fourth-order valence-electron chi connectivity index (χ4n) is 0.